The Kier molecular flexibility index (Phi) is 4.29. The number of hydrogen-bond donors (Lipinski definition) is 0. The van der Waals surface area contributed by atoms with E-state index in [1.807, 2.05) is 34.7 Å². The van der Waals surface area contributed by atoms with E-state index >= 15 is 0 Å². The smallest absolute Gasteiger partial charge is 0.410 e. The Labute approximate surface area is 148 Å². The maximum atomic E-state index is 12.6. The third-order valence-electron chi connectivity index (χ3n) is 4.84. The lowest BCUT2D eigenvalue weighted by molar-refractivity contribution is -0.0230. The van der Waals surface area contributed by atoms with E-state index in [1.54, 1.807) is 9.58 Å². The molecule has 3 heterocycles. The lowest BCUT2D eigenvalue weighted by atomic mass is 9.83. The molecule has 1 fully saturated rings. The predicted octanol–water partition coefficient (Wildman–Crippen LogP) is 2.72. The van der Waals surface area contributed by atoms with Gasteiger partial charge in [0.25, 0.3) is 0 Å². The summed E-state index contributed by atoms with van der Waals surface area (Å²) in [5.74, 6) is 0.661. The van der Waals surface area contributed by atoms with Crippen molar-refractivity contribution in [2.24, 2.45) is 7.05 Å². The Bertz CT molecular complexity index is 694. The Morgan fingerprint density at radius 2 is 1.96 bits per heavy atom. The van der Waals surface area contributed by atoms with E-state index in [4.69, 9.17) is 9.47 Å². The van der Waals surface area contributed by atoms with Crippen LogP contribution in [0.3, 0.4) is 0 Å². The number of ketones is 1. The number of Topliss-reactive ketones (excluding diaryl/α,β-unsaturated/α-hetero) is 1. The molecule has 0 aliphatic carbocycles. The van der Waals surface area contributed by atoms with Crippen LogP contribution in [0, 0.1) is 0 Å². The third kappa shape index (κ3) is 3.37. The van der Waals surface area contributed by atoms with Crippen molar-refractivity contribution >= 4 is 11.9 Å². The van der Waals surface area contributed by atoms with Gasteiger partial charge in [-0.1, -0.05) is 6.92 Å². The van der Waals surface area contributed by atoms with E-state index in [0.29, 0.717) is 43.8 Å². The summed E-state index contributed by atoms with van der Waals surface area (Å²) < 4.78 is 13.5. The molecule has 2 aliphatic heterocycles. The van der Waals surface area contributed by atoms with Gasteiger partial charge in [0.2, 0.25) is 0 Å². The maximum absolute atomic E-state index is 12.6. The van der Waals surface area contributed by atoms with Crippen LogP contribution in [-0.4, -0.2) is 50.8 Å². The molecule has 1 aromatic heterocycles. The number of amides is 1. The van der Waals surface area contributed by atoms with Crippen molar-refractivity contribution in [3.63, 3.8) is 0 Å². The van der Waals surface area contributed by atoms with E-state index < -0.39 is 11.2 Å². The van der Waals surface area contributed by atoms with Crippen molar-refractivity contribution in [1.82, 2.24) is 14.7 Å². The maximum Gasteiger partial charge on any atom is 0.410 e. The van der Waals surface area contributed by atoms with Crippen LogP contribution in [0.5, 0.6) is 5.75 Å². The first-order valence-corrected chi connectivity index (χ1v) is 8.90. The van der Waals surface area contributed by atoms with Crippen molar-refractivity contribution in [1.29, 1.82) is 0 Å². The molecule has 1 saturated heterocycles. The highest BCUT2D eigenvalue weighted by molar-refractivity contribution is 5.99. The average Bonchev–Trinajstić information content (AvgIpc) is 2.82. The second-order valence-electron chi connectivity index (χ2n) is 7.95. The summed E-state index contributed by atoms with van der Waals surface area (Å²) in [5.41, 5.74) is 0.344. The molecular formula is C18H27N3O4. The SMILES string of the molecule is CCc1c2c(nn1C)C(=O)CC1(CCN(C(=O)OC(C)(C)C)CC1)O2. The first-order valence-electron chi connectivity index (χ1n) is 8.90. The second-order valence-corrected chi connectivity index (χ2v) is 7.95. The number of carbonyl (C=O) groups excluding carboxylic acids is 2. The number of likely N-dealkylation sites (tertiary alicyclic amines) is 1. The Hall–Kier alpha value is -2.05. The fraction of sp³-hybridized carbons (Fsp3) is 0.722. The average molecular weight is 349 g/mol. The molecule has 1 aromatic rings. The molecule has 0 atom stereocenters. The number of piperidine rings is 1. The minimum atomic E-state index is -0.532. The van der Waals surface area contributed by atoms with Gasteiger partial charge in [-0.2, -0.15) is 5.10 Å². The quantitative estimate of drug-likeness (QED) is 0.779. The normalized spacial score (nSPS) is 19.6. The Morgan fingerprint density at radius 3 is 2.52 bits per heavy atom. The van der Waals surface area contributed by atoms with Gasteiger partial charge >= 0.3 is 6.09 Å². The van der Waals surface area contributed by atoms with Crippen molar-refractivity contribution in [3.8, 4) is 5.75 Å². The van der Waals surface area contributed by atoms with Crippen molar-refractivity contribution in [2.45, 2.75) is 64.6 Å². The second kappa shape index (κ2) is 6.04. The van der Waals surface area contributed by atoms with Crippen LogP contribution in [0.2, 0.25) is 0 Å². The van der Waals surface area contributed by atoms with E-state index in [2.05, 4.69) is 5.10 Å². The molecule has 7 nitrogen and oxygen atoms in total. The predicted molar refractivity (Wildman–Crippen MR) is 91.9 cm³/mol. The summed E-state index contributed by atoms with van der Waals surface area (Å²) in [6.07, 6.45) is 2.01. The lowest BCUT2D eigenvalue weighted by Crippen LogP contribution is -2.53. The van der Waals surface area contributed by atoms with Crippen LogP contribution in [0.4, 0.5) is 4.79 Å². The number of rotatable bonds is 1. The minimum absolute atomic E-state index is 0.0299. The minimum Gasteiger partial charge on any atom is -0.482 e. The summed E-state index contributed by atoms with van der Waals surface area (Å²) in [5, 5.41) is 4.32. The van der Waals surface area contributed by atoms with Gasteiger partial charge in [-0.15, -0.1) is 0 Å². The highest BCUT2D eigenvalue weighted by Crippen LogP contribution is 2.41. The number of hydrogen-bond acceptors (Lipinski definition) is 5. The first kappa shape index (κ1) is 17.8. The summed E-state index contributed by atoms with van der Waals surface area (Å²) in [4.78, 5) is 26.5. The molecule has 0 aromatic carbocycles. The fourth-order valence-electron chi connectivity index (χ4n) is 3.55. The van der Waals surface area contributed by atoms with E-state index in [-0.39, 0.29) is 11.9 Å². The van der Waals surface area contributed by atoms with Gasteiger partial charge < -0.3 is 14.4 Å². The van der Waals surface area contributed by atoms with Crippen LogP contribution in [0.25, 0.3) is 0 Å². The Balaban J connectivity index is 1.73. The van der Waals surface area contributed by atoms with Crippen LogP contribution in [0.1, 0.15) is 63.1 Å². The van der Waals surface area contributed by atoms with Gasteiger partial charge in [0.15, 0.2) is 17.2 Å². The lowest BCUT2D eigenvalue weighted by Gasteiger charge is -2.43. The van der Waals surface area contributed by atoms with Gasteiger partial charge in [-0.3, -0.25) is 9.48 Å². The monoisotopic (exact) mass is 349 g/mol. The zero-order valence-electron chi connectivity index (χ0n) is 15.7. The van der Waals surface area contributed by atoms with Crippen LogP contribution in [0.15, 0.2) is 0 Å². The molecular weight excluding hydrogens is 322 g/mol. The zero-order valence-corrected chi connectivity index (χ0v) is 15.7. The molecule has 0 bridgehead atoms. The fourth-order valence-corrected chi connectivity index (χ4v) is 3.55. The van der Waals surface area contributed by atoms with E-state index in [0.717, 1.165) is 12.1 Å². The van der Waals surface area contributed by atoms with Gasteiger partial charge in [-0.05, 0) is 27.2 Å². The van der Waals surface area contributed by atoms with Crippen LogP contribution >= 0.6 is 0 Å². The molecule has 7 heteroatoms. The largest absolute Gasteiger partial charge is 0.482 e. The summed E-state index contributed by atoms with van der Waals surface area (Å²) in [6.45, 7) is 8.65. The van der Waals surface area contributed by atoms with Crippen LogP contribution < -0.4 is 4.74 Å². The Morgan fingerprint density at radius 1 is 1.32 bits per heavy atom. The molecule has 1 spiro atoms. The van der Waals surface area contributed by atoms with Gasteiger partial charge in [0.05, 0.1) is 12.1 Å². The molecule has 2 aliphatic rings. The topological polar surface area (TPSA) is 73.7 Å². The highest BCUT2D eigenvalue weighted by Gasteiger charge is 2.46. The van der Waals surface area contributed by atoms with E-state index in [1.165, 1.54) is 0 Å². The van der Waals surface area contributed by atoms with Gasteiger partial charge in [0, 0.05) is 33.0 Å². The molecule has 0 radical (unpaired) electrons. The van der Waals surface area contributed by atoms with Gasteiger partial charge in [0.1, 0.15) is 11.2 Å². The summed E-state index contributed by atoms with van der Waals surface area (Å²) in [6, 6.07) is 0. The van der Waals surface area contributed by atoms with Gasteiger partial charge in [-0.25, -0.2) is 4.79 Å². The van der Waals surface area contributed by atoms with Crippen molar-refractivity contribution in [2.75, 3.05) is 13.1 Å². The standard InChI is InChI=1S/C18H27N3O4/c1-6-12-15-14(19-20(12)5)13(22)11-18(24-15)7-9-21(10-8-18)16(23)25-17(2,3)4/h6-11H2,1-5H3. The van der Waals surface area contributed by atoms with E-state index in [9.17, 15) is 9.59 Å². The molecule has 138 valence electrons. The zero-order chi connectivity index (χ0) is 18.4. The molecule has 0 N–H and O–H groups in total. The van der Waals surface area contributed by atoms with Crippen molar-refractivity contribution in [3.05, 3.63) is 11.4 Å². The highest BCUT2D eigenvalue weighted by atomic mass is 16.6. The van der Waals surface area contributed by atoms with Crippen molar-refractivity contribution < 1.29 is 19.1 Å². The molecule has 25 heavy (non-hydrogen) atoms. The molecule has 3 rings (SSSR count). The number of nitrogens with zero attached hydrogens (tertiary/aromatic N) is 3. The number of fused-ring (bicyclic) bond motifs is 1. The summed E-state index contributed by atoms with van der Waals surface area (Å²) in [7, 11) is 1.84. The number of carbonyl (C=O) groups is 2. The number of aryl methyl sites for hydroxylation is 1. The third-order valence-corrected chi connectivity index (χ3v) is 4.84. The molecule has 0 unspecified atom stereocenters. The molecule has 0 saturated carbocycles. The number of ether oxygens (including phenoxy) is 2. The molecule has 1 amide bonds. The number of aromatic nitrogens is 2. The summed E-state index contributed by atoms with van der Waals surface area (Å²) >= 11 is 0. The first-order chi connectivity index (χ1) is 11.6. The van der Waals surface area contributed by atoms with Crippen LogP contribution in [-0.2, 0) is 18.2 Å².